The van der Waals surface area contributed by atoms with Gasteiger partial charge in [0, 0.05) is 35.7 Å². The second kappa shape index (κ2) is 15.4. The molecule has 3 N–H and O–H groups in total. The minimum Gasteiger partial charge on any atom is -0.349 e. The Bertz CT molecular complexity index is 1710. The van der Waals surface area contributed by atoms with Crippen LogP contribution < -0.4 is 16.0 Å². The van der Waals surface area contributed by atoms with Crippen molar-refractivity contribution in [3.05, 3.63) is 93.8 Å². The van der Waals surface area contributed by atoms with Gasteiger partial charge in [0.15, 0.2) is 0 Å². The van der Waals surface area contributed by atoms with Gasteiger partial charge >= 0.3 is 0 Å². The number of likely N-dealkylation sites (tertiary alicyclic amines) is 1. The van der Waals surface area contributed by atoms with Gasteiger partial charge in [0.1, 0.15) is 17.3 Å². The number of thiazole rings is 1. The largest absolute Gasteiger partial charge is 0.349 e. The molecule has 11 heteroatoms. The number of aromatic nitrogens is 2. The van der Waals surface area contributed by atoms with Crippen LogP contribution in [0.2, 0.25) is 0 Å². The molecule has 0 spiro atoms. The lowest BCUT2D eigenvalue weighted by atomic mass is 9.91. The van der Waals surface area contributed by atoms with Crippen LogP contribution in [0.4, 0.5) is 15.9 Å². The molecule has 9 nitrogen and oxygen atoms in total. The maximum Gasteiger partial charge on any atom is 0.270 e. The molecule has 4 aromatic rings. The minimum absolute atomic E-state index is 0.0232. The molecule has 6 rings (SSSR count). The van der Waals surface area contributed by atoms with Crippen LogP contribution in [-0.2, 0) is 6.54 Å². The summed E-state index contributed by atoms with van der Waals surface area (Å²) in [6.07, 6.45) is 6.39. The zero-order valence-corrected chi connectivity index (χ0v) is 28.7. The summed E-state index contributed by atoms with van der Waals surface area (Å²) < 4.78 is 14.3. The summed E-state index contributed by atoms with van der Waals surface area (Å²) in [5.74, 6) is -0.835. The van der Waals surface area contributed by atoms with Crippen molar-refractivity contribution in [1.82, 2.24) is 30.4 Å². The molecular formula is C37H44FN7O2S. The molecule has 1 aliphatic heterocycles. The zero-order valence-electron chi connectivity index (χ0n) is 27.8. The van der Waals surface area contributed by atoms with Crippen LogP contribution in [0.15, 0.2) is 66.2 Å². The topological polar surface area (TPSA) is 102 Å². The van der Waals surface area contributed by atoms with Crippen LogP contribution >= 0.6 is 11.3 Å². The molecule has 0 unspecified atom stereocenters. The summed E-state index contributed by atoms with van der Waals surface area (Å²) in [4.78, 5) is 39.3. The van der Waals surface area contributed by atoms with Gasteiger partial charge < -0.3 is 20.9 Å². The van der Waals surface area contributed by atoms with E-state index in [1.54, 1.807) is 5.38 Å². The molecule has 2 amide bonds. The maximum atomic E-state index is 14.3. The van der Waals surface area contributed by atoms with Crippen molar-refractivity contribution in [2.75, 3.05) is 32.5 Å². The number of halogens is 1. The Balaban J connectivity index is 1.05. The third kappa shape index (κ3) is 8.63. The molecule has 252 valence electrons. The first-order valence-corrected chi connectivity index (χ1v) is 17.6. The lowest BCUT2D eigenvalue weighted by molar-refractivity contribution is 0.0889. The smallest absolute Gasteiger partial charge is 0.270 e. The van der Waals surface area contributed by atoms with Crippen molar-refractivity contribution in [3.8, 4) is 11.1 Å². The van der Waals surface area contributed by atoms with E-state index in [9.17, 15) is 14.0 Å². The first-order valence-electron chi connectivity index (χ1n) is 16.7. The van der Waals surface area contributed by atoms with E-state index in [1.165, 1.54) is 35.8 Å². The van der Waals surface area contributed by atoms with E-state index >= 15 is 0 Å². The Kier molecular flexibility index (Phi) is 10.8. The van der Waals surface area contributed by atoms with Crippen molar-refractivity contribution in [3.63, 3.8) is 0 Å². The molecule has 0 bridgehead atoms. The Morgan fingerprint density at radius 3 is 2.25 bits per heavy atom. The molecule has 48 heavy (non-hydrogen) atoms. The summed E-state index contributed by atoms with van der Waals surface area (Å²) in [6, 6.07) is 18.4. The average Bonchev–Trinajstić information content (AvgIpc) is 3.53. The number of aryl methyl sites for hydroxylation is 1. The molecule has 2 aliphatic rings. The van der Waals surface area contributed by atoms with Crippen molar-refractivity contribution < 1.29 is 14.0 Å². The third-order valence-corrected chi connectivity index (χ3v) is 10.2. The van der Waals surface area contributed by atoms with E-state index in [1.807, 2.05) is 25.1 Å². The monoisotopic (exact) mass is 669 g/mol. The summed E-state index contributed by atoms with van der Waals surface area (Å²) in [5.41, 5.74) is 4.75. The first-order chi connectivity index (χ1) is 23.2. The Morgan fingerprint density at radius 2 is 1.60 bits per heavy atom. The van der Waals surface area contributed by atoms with Gasteiger partial charge in [0.05, 0.1) is 16.8 Å². The fourth-order valence-corrected chi connectivity index (χ4v) is 7.25. The lowest BCUT2D eigenvalue weighted by Crippen LogP contribution is -2.44. The molecule has 1 saturated heterocycles. The number of anilines is 2. The molecule has 2 aromatic heterocycles. The third-order valence-electron chi connectivity index (χ3n) is 9.45. The van der Waals surface area contributed by atoms with Crippen LogP contribution in [-0.4, -0.2) is 76.9 Å². The van der Waals surface area contributed by atoms with E-state index in [0.717, 1.165) is 60.5 Å². The van der Waals surface area contributed by atoms with Gasteiger partial charge in [-0.15, -0.1) is 11.3 Å². The Labute approximate surface area is 286 Å². The number of benzene rings is 2. The number of pyridine rings is 1. The lowest BCUT2D eigenvalue weighted by Gasteiger charge is -2.35. The highest BCUT2D eigenvalue weighted by atomic mass is 32.1. The molecule has 0 atom stereocenters. The highest BCUT2D eigenvalue weighted by molar-refractivity contribution is 7.09. The number of piperidine rings is 1. The highest BCUT2D eigenvalue weighted by Gasteiger charge is 2.26. The van der Waals surface area contributed by atoms with Crippen LogP contribution in [0, 0.1) is 12.7 Å². The van der Waals surface area contributed by atoms with Crippen molar-refractivity contribution in [2.24, 2.45) is 0 Å². The van der Waals surface area contributed by atoms with E-state index in [2.05, 4.69) is 80.1 Å². The van der Waals surface area contributed by atoms with Crippen molar-refractivity contribution in [1.29, 1.82) is 0 Å². The van der Waals surface area contributed by atoms with E-state index in [4.69, 9.17) is 0 Å². The predicted molar refractivity (Wildman–Crippen MR) is 189 cm³/mol. The zero-order chi connectivity index (χ0) is 33.6. The van der Waals surface area contributed by atoms with Crippen molar-refractivity contribution >= 4 is 34.7 Å². The van der Waals surface area contributed by atoms with Crippen LogP contribution in [0.1, 0.15) is 69.9 Å². The second-order valence-electron chi connectivity index (χ2n) is 13.2. The van der Waals surface area contributed by atoms with Gasteiger partial charge in [-0.05, 0) is 108 Å². The standard InChI is InChI=1S/C37H44FN7O2S/c1-24-40-34(23-48-24)37(47)43-30-13-11-29(12-14-30)42-36(46)33-20-28(38)21-39-35(33)41-31-6-4-5-27(19-31)26-9-7-25(8-10-26)22-45-17-15-32(16-18-45)44(2)3/h4-10,19-21,23,29-30,32H,11-18,22H2,1-3H3,(H,39,41)(H,42,46)(H,43,47). The number of hydrogen-bond acceptors (Lipinski definition) is 8. The normalized spacial score (nSPS) is 18.9. The van der Waals surface area contributed by atoms with E-state index in [0.29, 0.717) is 30.4 Å². The second-order valence-corrected chi connectivity index (χ2v) is 14.2. The van der Waals surface area contributed by atoms with Gasteiger partial charge in [-0.25, -0.2) is 14.4 Å². The summed E-state index contributed by atoms with van der Waals surface area (Å²) in [7, 11) is 4.33. The van der Waals surface area contributed by atoms with Crippen LogP contribution in [0.3, 0.4) is 0 Å². The molecule has 2 aromatic carbocycles. The number of nitrogens with one attached hydrogen (secondary N) is 3. The molecule has 0 radical (unpaired) electrons. The van der Waals surface area contributed by atoms with Gasteiger partial charge in [-0.2, -0.15) is 0 Å². The molecule has 1 aliphatic carbocycles. The fourth-order valence-electron chi connectivity index (χ4n) is 6.65. The SMILES string of the molecule is Cc1nc(C(=O)NC2CCC(NC(=O)c3cc(F)cnc3Nc3cccc(-c4ccc(CN5CCC(N(C)C)CC5)cc4)c3)CC2)cs1. The quantitative estimate of drug-likeness (QED) is 0.180. The van der Waals surface area contributed by atoms with Crippen LogP contribution in [0.5, 0.6) is 0 Å². The van der Waals surface area contributed by atoms with Gasteiger partial charge in [-0.1, -0.05) is 36.4 Å². The molecule has 1 saturated carbocycles. The molecular weight excluding hydrogens is 626 g/mol. The summed E-state index contributed by atoms with van der Waals surface area (Å²) in [6.45, 7) is 5.06. The average molecular weight is 670 g/mol. The summed E-state index contributed by atoms with van der Waals surface area (Å²) >= 11 is 1.45. The first kappa shape index (κ1) is 33.7. The number of hydrogen-bond donors (Lipinski definition) is 3. The van der Waals surface area contributed by atoms with Gasteiger partial charge in [-0.3, -0.25) is 14.5 Å². The maximum absolute atomic E-state index is 14.3. The fraction of sp³-hybridized carbons (Fsp3) is 0.405. The predicted octanol–water partition coefficient (Wildman–Crippen LogP) is 6.39. The number of carbonyl (C=O) groups is 2. The number of rotatable bonds is 10. The minimum atomic E-state index is -0.578. The Morgan fingerprint density at radius 1 is 0.917 bits per heavy atom. The molecule has 2 fully saturated rings. The number of carbonyl (C=O) groups excluding carboxylic acids is 2. The van der Waals surface area contributed by atoms with E-state index in [-0.39, 0.29) is 29.5 Å². The van der Waals surface area contributed by atoms with Gasteiger partial charge in [0.25, 0.3) is 11.8 Å². The van der Waals surface area contributed by atoms with Crippen LogP contribution in [0.25, 0.3) is 11.1 Å². The highest BCUT2D eigenvalue weighted by Crippen LogP contribution is 2.27. The number of amides is 2. The van der Waals surface area contributed by atoms with Crippen molar-refractivity contribution in [2.45, 2.75) is 70.1 Å². The van der Waals surface area contributed by atoms with E-state index < -0.39 is 5.82 Å². The van der Waals surface area contributed by atoms with Gasteiger partial charge in [0.2, 0.25) is 0 Å². The summed E-state index contributed by atoms with van der Waals surface area (Å²) in [5, 5.41) is 12.0. The number of nitrogens with zero attached hydrogens (tertiary/aromatic N) is 4. The Hall–Kier alpha value is -4.19. The molecule has 3 heterocycles.